The van der Waals surface area contributed by atoms with Crippen LogP contribution in [0.5, 0.6) is 11.5 Å². The molecule has 0 unspecified atom stereocenters. The van der Waals surface area contributed by atoms with Crippen LogP contribution in [0.25, 0.3) is 6.08 Å². The van der Waals surface area contributed by atoms with Gasteiger partial charge in [-0.3, -0.25) is 14.6 Å². The Morgan fingerprint density at radius 2 is 1.89 bits per heavy atom. The number of hydrogen-bond donors (Lipinski definition) is 0. The Labute approximate surface area is 164 Å². The molecule has 0 aliphatic rings. The van der Waals surface area contributed by atoms with E-state index in [-0.39, 0.29) is 24.8 Å². The molecule has 0 bridgehead atoms. The molecule has 0 atom stereocenters. The maximum atomic E-state index is 12.7. The van der Waals surface area contributed by atoms with Crippen molar-refractivity contribution < 1.29 is 23.8 Å². The van der Waals surface area contributed by atoms with Crippen molar-refractivity contribution >= 4 is 18.0 Å². The maximum absolute atomic E-state index is 12.7. The highest BCUT2D eigenvalue weighted by molar-refractivity contribution is 5.92. The lowest BCUT2D eigenvalue weighted by molar-refractivity contribution is -0.141. The van der Waals surface area contributed by atoms with Crippen LogP contribution in [0, 0.1) is 0 Å². The summed E-state index contributed by atoms with van der Waals surface area (Å²) >= 11 is 0. The van der Waals surface area contributed by atoms with Gasteiger partial charge in [0.2, 0.25) is 5.91 Å². The third-order valence-corrected chi connectivity index (χ3v) is 4.05. The van der Waals surface area contributed by atoms with Crippen LogP contribution in [0.4, 0.5) is 0 Å². The summed E-state index contributed by atoms with van der Waals surface area (Å²) < 4.78 is 15.2. The predicted molar refractivity (Wildman–Crippen MR) is 105 cm³/mol. The molecule has 28 heavy (non-hydrogen) atoms. The quantitative estimate of drug-likeness (QED) is 0.489. The second-order valence-corrected chi connectivity index (χ2v) is 5.89. The Morgan fingerprint density at radius 1 is 1.11 bits per heavy atom. The van der Waals surface area contributed by atoms with E-state index in [1.54, 1.807) is 55.8 Å². The lowest BCUT2D eigenvalue weighted by Crippen LogP contribution is -2.31. The number of esters is 1. The zero-order valence-electron chi connectivity index (χ0n) is 16.3. The van der Waals surface area contributed by atoms with Crippen molar-refractivity contribution in [2.75, 3.05) is 27.9 Å². The molecule has 1 aromatic carbocycles. The number of aromatic nitrogens is 1. The maximum Gasteiger partial charge on any atom is 0.307 e. The second-order valence-electron chi connectivity index (χ2n) is 5.89. The van der Waals surface area contributed by atoms with Gasteiger partial charge in [-0.2, -0.15) is 0 Å². The van der Waals surface area contributed by atoms with Crippen molar-refractivity contribution in [1.29, 1.82) is 0 Å². The van der Waals surface area contributed by atoms with Gasteiger partial charge in [-0.05, 0) is 35.4 Å². The third kappa shape index (κ3) is 6.12. The number of carbonyl (C=O) groups excluding carboxylic acids is 2. The molecule has 0 saturated heterocycles. The van der Waals surface area contributed by atoms with Crippen LogP contribution in [-0.2, 0) is 20.9 Å². The van der Waals surface area contributed by atoms with E-state index in [9.17, 15) is 9.59 Å². The predicted octanol–water partition coefficient (Wildman–Crippen LogP) is 2.70. The fourth-order valence-electron chi connectivity index (χ4n) is 2.54. The highest BCUT2D eigenvalue weighted by Gasteiger charge is 2.14. The molecule has 0 saturated carbocycles. The van der Waals surface area contributed by atoms with E-state index in [4.69, 9.17) is 9.47 Å². The van der Waals surface area contributed by atoms with E-state index >= 15 is 0 Å². The van der Waals surface area contributed by atoms with Crippen LogP contribution in [0.3, 0.4) is 0 Å². The minimum Gasteiger partial charge on any atom is -0.493 e. The van der Waals surface area contributed by atoms with Gasteiger partial charge >= 0.3 is 5.97 Å². The van der Waals surface area contributed by atoms with Crippen molar-refractivity contribution in [3.05, 3.63) is 59.9 Å². The fourth-order valence-corrected chi connectivity index (χ4v) is 2.54. The summed E-state index contributed by atoms with van der Waals surface area (Å²) in [6.07, 6.45) is 6.64. The first kappa shape index (κ1) is 21.0. The average Bonchev–Trinajstić information content (AvgIpc) is 2.74. The number of rotatable bonds is 9. The van der Waals surface area contributed by atoms with Gasteiger partial charge in [-0.1, -0.05) is 12.1 Å². The number of pyridine rings is 1. The van der Waals surface area contributed by atoms with Crippen LogP contribution in [0.2, 0.25) is 0 Å². The minimum absolute atomic E-state index is 0.118. The van der Waals surface area contributed by atoms with Crippen LogP contribution in [0.15, 0.2) is 48.8 Å². The number of hydrogen-bond acceptors (Lipinski definition) is 6. The molecule has 1 amide bonds. The Balaban J connectivity index is 2.14. The first-order valence-electron chi connectivity index (χ1n) is 8.72. The summed E-state index contributed by atoms with van der Waals surface area (Å²) in [7, 11) is 4.44. The summed E-state index contributed by atoms with van der Waals surface area (Å²) in [5, 5.41) is 0. The smallest absolute Gasteiger partial charge is 0.307 e. The average molecular weight is 384 g/mol. The van der Waals surface area contributed by atoms with Gasteiger partial charge < -0.3 is 19.1 Å². The van der Waals surface area contributed by atoms with E-state index < -0.39 is 0 Å². The number of benzene rings is 1. The standard InChI is InChI=1S/C21H24N2O5/c1-26-18-8-6-16(13-19(18)27-2)7-9-20(24)23(12-10-21(25)28-3)15-17-5-4-11-22-14-17/h4-9,11,13-14H,10,12,15H2,1-3H3/b9-7+. The van der Waals surface area contributed by atoms with Gasteiger partial charge in [0.05, 0.1) is 27.8 Å². The van der Waals surface area contributed by atoms with Crippen molar-refractivity contribution in [1.82, 2.24) is 9.88 Å². The number of ether oxygens (including phenoxy) is 3. The van der Waals surface area contributed by atoms with Gasteiger partial charge in [-0.25, -0.2) is 0 Å². The summed E-state index contributed by atoms with van der Waals surface area (Å²) in [4.78, 5) is 29.8. The molecule has 0 fully saturated rings. The molecule has 7 nitrogen and oxygen atoms in total. The SMILES string of the molecule is COC(=O)CCN(Cc1cccnc1)C(=O)/C=C/c1ccc(OC)c(OC)c1. The van der Waals surface area contributed by atoms with Gasteiger partial charge in [0.1, 0.15) is 0 Å². The summed E-state index contributed by atoms with van der Waals surface area (Å²) in [6.45, 7) is 0.594. The van der Waals surface area contributed by atoms with E-state index in [2.05, 4.69) is 9.72 Å². The van der Waals surface area contributed by atoms with Crippen molar-refractivity contribution in [3.63, 3.8) is 0 Å². The lowest BCUT2D eigenvalue weighted by atomic mass is 10.1. The van der Waals surface area contributed by atoms with E-state index in [1.165, 1.54) is 13.2 Å². The summed E-state index contributed by atoms with van der Waals surface area (Å²) in [6, 6.07) is 9.06. The molecule has 0 radical (unpaired) electrons. The molecule has 148 valence electrons. The topological polar surface area (TPSA) is 78.0 Å². The highest BCUT2D eigenvalue weighted by atomic mass is 16.5. The van der Waals surface area contributed by atoms with Crippen LogP contribution < -0.4 is 9.47 Å². The van der Waals surface area contributed by atoms with Gasteiger partial charge in [0, 0.05) is 31.6 Å². The minimum atomic E-state index is -0.368. The van der Waals surface area contributed by atoms with Gasteiger partial charge in [0.15, 0.2) is 11.5 Å². The Kier molecular flexibility index (Phi) is 8.02. The zero-order valence-corrected chi connectivity index (χ0v) is 16.3. The van der Waals surface area contributed by atoms with Crippen LogP contribution in [0.1, 0.15) is 17.5 Å². The largest absolute Gasteiger partial charge is 0.493 e. The highest BCUT2D eigenvalue weighted by Crippen LogP contribution is 2.28. The lowest BCUT2D eigenvalue weighted by Gasteiger charge is -2.20. The molecule has 0 N–H and O–H groups in total. The van der Waals surface area contributed by atoms with Gasteiger partial charge in [0.25, 0.3) is 0 Å². The van der Waals surface area contributed by atoms with Crippen LogP contribution >= 0.6 is 0 Å². The van der Waals surface area contributed by atoms with Gasteiger partial charge in [-0.15, -0.1) is 0 Å². The van der Waals surface area contributed by atoms with E-state index in [0.717, 1.165) is 11.1 Å². The monoisotopic (exact) mass is 384 g/mol. The molecule has 2 aromatic rings. The molecule has 2 rings (SSSR count). The zero-order chi connectivity index (χ0) is 20.4. The Bertz CT molecular complexity index is 821. The molecule has 0 aliphatic heterocycles. The van der Waals surface area contributed by atoms with Crippen molar-refractivity contribution in [3.8, 4) is 11.5 Å². The fraction of sp³-hybridized carbons (Fsp3) is 0.286. The summed E-state index contributed by atoms with van der Waals surface area (Å²) in [5.74, 6) is 0.604. The molecule has 0 aliphatic carbocycles. The van der Waals surface area contributed by atoms with E-state index in [1.807, 2.05) is 12.1 Å². The molecule has 0 spiro atoms. The normalized spacial score (nSPS) is 10.5. The van der Waals surface area contributed by atoms with Crippen LogP contribution in [-0.4, -0.2) is 49.6 Å². The molecular formula is C21H24N2O5. The van der Waals surface area contributed by atoms with Crippen molar-refractivity contribution in [2.24, 2.45) is 0 Å². The number of methoxy groups -OCH3 is 3. The Morgan fingerprint density at radius 3 is 2.54 bits per heavy atom. The molecule has 1 heterocycles. The number of carbonyl (C=O) groups is 2. The first-order valence-corrected chi connectivity index (χ1v) is 8.72. The third-order valence-electron chi connectivity index (χ3n) is 4.05. The summed E-state index contributed by atoms with van der Waals surface area (Å²) in [5.41, 5.74) is 1.67. The van der Waals surface area contributed by atoms with E-state index in [0.29, 0.717) is 18.0 Å². The number of amides is 1. The first-order chi connectivity index (χ1) is 13.6. The Hall–Kier alpha value is -3.35. The van der Waals surface area contributed by atoms with Crippen molar-refractivity contribution in [2.45, 2.75) is 13.0 Å². The molecule has 1 aromatic heterocycles. The molecular weight excluding hydrogens is 360 g/mol. The number of nitrogens with zero attached hydrogens (tertiary/aromatic N) is 2. The molecule has 7 heteroatoms. The second kappa shape index (κ2) is 10.7.